The normalized spacial score (nSPS) is 10.7. The van der Waals surface area contributed by atoms with E-state index in [-0.39, 0.29) is 11.7 Å². The third kappa shape index (κ3) is 4.58. The Labute approximate surface area is 184 Å². The van der Waals surface area contributed by atoms with Gasteiger partial charge in [-0.15, -0.1) is 0 Å². The molecule has 1 aromatic heterocycles. The predicted octanol–water partition coefficient (Wildman–Crippen LogP) is 6.23. The van der Waals surface area contributed by atoms with E-state index >= 15 is 0 Å². The maximum Gasteiger partial charge on any atom is 0.234 e. The number of nitrogens with one attached hydrogen (secondary N) is 1. The molecule has 0 fully saturated rings. The first kappa shape index (κ1) is 20.3. The second kappa shape index (κ2) is 9.20. The second-order valence-electron chi connectivity index (χ2n) is 6.71. The lowest BCUT2D eigenvalue weighted by Crippen LogP contribution is -2.14. The molecule has 0 aliphatic carbocycles. The molecule has 30 heavy (non-hydrogen) atoms. The fourth-order valence-corrected chi connectivity index (χ4v) is 4.17. The highest BCUT2D eigenvalue weighted by Crippen LogP contribution is 2.31. The van der Waals surface area contributed by atoms with Gasteiger partial charge in [-0.25, -0.2) is 4.98 Å². The number of carbonyl (C=O) groups is 1. The molecule has 1 heterocycles. The summed E-state index contributed by atoms with van der Waals surface area (Å²) < 4.78 is 2.10. The number of para-hydroxylation sites is 1. The lowest BCUT2D eigenvalue weighted by atomic mass is 10.1. The molecule has 0 bridgehead atoms. The number of hydrogen-bond donors (Lipinski definition) is 1. The van der Waals surface area contributed by atoms with Gasteiger partial charge in [-0.1, -0.05) is 71.9 Å². The summed E-state index contributed by atoms with van der Waals surface area (Å²) in [6.45, 7) is 2.06. The Morgan fingerprint density at radius 1 is 0.967 bits per heavy atom. The quantitative estimate of drug-likeness (QED) is 0.366. The van der Waals surface area contributed by atoms with Gasteiger partial charge < -0.3 is 5.32 Å². The molecule has 1 N–H and O–H groups in total. The Morgan fingerprint density at radius 3 is 2.27 bits per heavy atom. The molecule has 0 saturated heterocycles. The van der Waals surface area contributed by atoms with Crippen LogP contribution in [-0.4, -0.2) is 21.2 Å². The number of nitrogens with zero attached hydrogens (tertiary/aromatic N) is 2. The van der Waals surface area contributed by atoms with Crippen LogP contribution in [0.4, 0.5) is 5.69 Å². The molecule has 1 amide bonds. The summed E-state index contributed by atoms with van der Waals surface area (Å²) in [6, 6.07) is 27.2. The monoisotopic (exact) mass is 433 g/mol. The molecule has 3 aromatic carbocycles. The summed E-state index contributed by atoms with van der Waals surface area (Å²) in [5.74, 6) is 0.156. The first-order chi connectivity index (χ1) is 14.6. The molecule has 0 spiro atoms. The van der Waals surface area contributed by atoms with Crippen LogP contribution in [0.3, 0.4) is 0 Å². The van der Waals surface area contributed by atoms with Crippen molar-refractivity contribution in [2.24, 2.45) is 0 Å². The van der Waals surface area contributed by atoms with Crippen molar-refractivity contribution in [3.8, 4) is 16.9 Å². The molecule has 0 radical (unpaired) electrons. The van der Waals surface area contributed by atoms with E-state index in [9.17, 15) is 4.79 Å². The van der Waals surface area contributed by atoms with E-state index in [1.165, 1.54) is 11.8 Å². The van der Waals surface area contributed by atoms with E-state index in [0.29, 0.717) is 5.02 Å². The summed E-state index contributed by atoms with van der Waals surface area (Å²) in [6.07, 6.45) is 0. The number of halogens is 1. The molecule has 4 nitrogen and oxygen atoms in total. The van der Waals surface area contributed by atoms with Crippen LogP contribution < -0.4 is 5.32 Å². The van der Waals surface area contributed by atoms with Gasteiger partial charge in [-0.2, -0.15) is 0 Å². The molecule has 6 heteroatoms. The van der Waals surface area contributed by atoms with Gasteiger partial charge in [0.05, 0.1) is 11.4 Å². The number of thioether (sulfide) groups is 1. The topological polar surface area (TPSA) is 46.9 Å². The maximum absolute atomic E-state index is 12.5. The lowest BCUT2D eigenvalue weighted by molar-refractivity contribution is -0.113. The predicted molar refractivity (Wildman–Crippen MR) is 125 cm³/mol. The van der Waals surface area contributed by atoms with Gasteiger partial charge >= 0.3 is 0 Å². The number of benzene rings is 3. The minimum atomic E-state index is -0.0937. The van der Waals surface area contributed by atoms with E-state index < -0.39 is 0 Å². The molecule has 4 rings (SSSR count). The van der Waals surface area contributed by atoms with E-state index in [0.717, 1.165) is 33.5 Å². The molecule has 0 unspecified atom stereocenters. The van der Waals surface area contributed by atoms with Gasteiger partial charge in [-0.05, 0) is 43.3 Å². The molecule has 0 aliphatic heterocycles. The van der Waals surface area contributed by atoms with E-state index in [1.54, 1.807) is 24.3 Å². The van der Waals surface area contributed by atoms with Crippen LogP contribution in [0.15, 0.2) is 90.1 Å². The van der Waals surface area contributed by atoms with Crippen LogP contribution in [0.5, 0.6) is 0 Å². The molecule has 4 aromatic rings. The average Bonchev–Trinajstić information content (AvgIpc) is 3.11. The number of hydrogen-bond acceptors (Lipinski definition) is 3. The zero-order chi connectivity index (χ0) is 20.9. The second-order valence-corrected chi connectivity index (χ2v) is 8.09. The minimum Gasteiger partial charge on any atom is -0.325 e. The smallest absolute Gasteiger partial charge is 0.234 e. The molecule has 0 atom stereocenters. The number of amides is 1. The summed E-state index contributed by atoms with van der Waals surface area (Å²) in [5, 5.41) is 4.31. The number of imidazole rings is 1. The summed E-state index contributed by atoms with van der Waals surface area (Å²) >= 11 is 7.32. The molecule has 0 aliphatic rings. The van der Waals surface area contributed by atoms with E-state index in [2.05, 4.69) is 16.8 Å². The van der Waals surface area contributed by atoms with E-state index in [4.69, 9.17) is 16.6 Å². The molecular formula is C24H20ClN3OS. The van der Waals surface area contributed by atoms with Crippen LogP contribution >= 0.6 is 23.4 Å². The summed E-state index contributed by atoms with van der Waals surface area (Å²) in [5.41, 5.74) is 4.74. The highest BCUT2D eigenvalue weighted by atomic mass is 35.5. The highest BCUT2D eigenvalue weighted by molar-refractivity contribution is 7.99. The van der Waals surface area contributed by atoms with Crippen molar-refractivity contribution in [1.82, 2.24) is 9.55 Å². The summed E-state index contributed by atoms with van der Waals surface area (Å²) in [7, 11) is 0. The number of rotatable bonds is 6. The number of aromatic nitrogens is 2. The van der Waals surface area contributed by atoms with Crippen LogP contribution in [0.1, 0.15) is 5.69 Å². The van der Waals surface area contributed by atoms with Crippen molar-refractivity contribution >= 4 is 35.0 Å². The first-order valence-electron chi connectivity index (χ1n) is 9.50. The van der Waals surface area contributed by atoms with Crippen molar-refractivity contribution < 1.29 is 4.79 Å². The van der Waals surface area contributed by atoms with Gasteiger partial charge in [0.2, 0.25) is 5.91 Å². The standard InChI is InChI=1S/C24H20ClN3OS/c1-17-23(18-8-4-2-5-9-18)27-24(28(17)21-10-6-3-7-11-21)30-16-22(29)26-20-14-12-19(25)13-15-20/h2-15H,16H2,1H3,(H,26,29). The van der Waals surface area contributed by atoms with Gasteiger partial charge in [0.25, 0.3) is 0 Å². The van der Waals surface area contributed by atoms with Crippen LogP contribution in [0.2, 0.25) is 5.02 Å². The highest BCUT2D eigenvalue weighted by Gasteiger charge is 2.18. The lowest BCUT2D eigenvalue weighted by Gasteiger charge is -2.10. The third-order valence-electron chi connectivity index (χ3n) is 4.60. The fraction of sp³-hybridized carbons (Fsp3) is 0.0833. The average molecular weight is 434 g/mol. The van der Waals surface area contributed by atoms with E-state index in [1.807, 2.05) is 60.7 Å². The fourth-order valence-electron chi connectivity index (χ4n) is 3.18. The zero-order valence-corrected chi connectivity index (χ0v) is 18.0. The Morgan fingerprint density at radius 2 is 1.60 bits per heavy atom. The zero-order valence-electron chi connectivity index (χ0n) is 16.4. The summed E-state index contributed by atoms with van der Waals surface area (Å²) in [4.78, 5) is 17.4. The number of carbonyl (C=O) groups excluding carboxylic acids is 1. The van der Waals surface area contributed by atoms with Gasteiger partial charge in [-0.3, -0.25) is 9.36 Å². The van der Waals surface area contributed by atoms with Gasteiger partial charge in [0.15, 0.2) is 5.16 Å². The Hall–Kier alpha value is -3.02. The molecule has 0 saturated carbocycles. The van der Waals surface area contributed by atoms with Crippen LogP contribution in [0, 0.1) is 6.92 Å². The van der Waals surface area contributed by atoms with Crippen molar-refractivity contribution in [3.05, 3.63) is 95.6 Å². The van der Waals surface area contributed by atoms with Gasteiger partial charge in [0.1, 0.15) is 0 Å². The molecule has 150 valence electrons. The largest absolute Gasteiger partial charge is 0.325 e. The van der Waals surface area contributed by atoms with Crippen molar-refractivity contribution in [2.75, 3.05) is 11.1 Å². The minimum absolute atomic E-state index is 0.0937. The SMILES string of the molecule is Cc1c(-c2ccccc2)nc(SCC(=O)Nc2ccc(Cl)cc2)n1-c1ccccc1. The molecular weight excluding hydrogens is 414 g/mol. The Balaban J connectivity index is 1.60. The Bertz CT molecular complexity index is 1140. The van der Waals surface area contributed by atoms with Crippen LogP contribution in [0.25, 0.3) is 16.9 Å². The van der Waals surface area contributed by atoms with Gasteiger partial charge in [0, 0.05) is 27.7 Å². The van der Waals surface area contributed by atoms with Crippen molar-refractivity contribution in [3.63, 3.8) is 0 Å². The third-order valence-corrected chi connectivity index (χ3v) is 5.79. The van der Waals surface area contributed by atoms with Crippen molar-refractivity contribution in [2.45, 2.75) is 12.1 Å². The number of anilines is 1. The Kier molecular flexibility index (Phi) is 6.21. The maximum atomic E-state index is 12.5. The first-order valence-corrected chi connectivity index (χ1v) is 10.9. The van der Waals surface area contributed by atoms with Crippen molar-refractivity contribution in [1.29, 1.82) is 0 Å². The van der Waals surface area contributed by atoms with Crippen LogP contribution in [-0.2, 0) is 4.79 Å².